The predicted molar refractivity (Wildman–Crippen MR) is 121 cm³/mol. The number of aromatic nitrogens is 1. The van der Waals surface area contributed by atoms with E-state index in [2.05, 4.69) is 20.9 Å². The molecule has 1 unspecified atom stereocenters. The van der Waals surface area contributed by atoms with E-state index in [1.807, 2.05) is 43.3 Å². The van der Waals surface area contributed by atoms with E-state index in [1.54, 1.807) is 31.5 Å². The number of benzene rings is 2. The Morgan fingerprint density at radius 2 is 1.94 bits per heavy atom. The highest BCUT2D eigenvalue weighted by Gasteiger charge is 2.44. The molecule has 2 aromatic heterocycles. The summed E-state index contributed by atoms with van der Waals surface area (Å²) in [6.45, 7) is 1.93. The fraction of sp³-hybridized carbons (Fsp3) is 0.125. The van der Waals surface area contributed by atoms with Crippen molar-refractivity contribution in [1.82, 2.24) is 4.98 Å². The number of fused-ring (bicyclic) bond motifs is 2. The third kappa shape index (κ3) is 3.13. The van der Waals surface area contributed by atoms with Gasteiger partial charge in [-0.15, -0.1) is 0 Å². The summed E-state index contributed by atoms with van der Waals surface area (Å²) in [6.07, 6.45) is 1.65. The summed E-state index contributed by atoms with van der Waals surface area (Å²) < 4.78 is 12.1. The zero-order valence-corrected chi connectivity index (χ0v) is 18.3. The van der Waals surface area contributed by atoms with Gasteiger partial charge in [0.1, 0.15) is 17.2 Å². The number of aryl methyl sites for hydroxylation is 1. The minimum atomic E-state index is -0.688. The zero-order chi connectivity index (χ0) is 21.7. The predicted octanol–water partition coefficient (Wildman–Crippen LogP) is 5.02. The number of nitrogens with zero attached hydrogens (tertiary/aromatic N) is 2. The van der Waals surface area contributed by atoms with Crippen LogP contribution in [0.2, 0.25) is 0 Å². The Morgan fingerprint density at radius 1 is 1.10 bits per heavy atom. The van der Waals surface area contributed by atoms with Gasteiger partial charge >= 0.3 is 0 Å². The minimum absolute atomic E-state index is 0.0379. The summed E-state index contributed by atoms with van der Waals surface area (Å²) >= 11 is 3.41. The van der Waals surface area contributed by atoms with Crippen LogP contribution >= 0.6 is 15.9 Å². The first-order chi connectivity index (χ1) is 15.0. The van der Waals surface area contributed by atoms with Crippen molar-refractivity contribution in [3.8, 4) is 5.75 Å². The van der Waals surface area contributed by atoms with E-state index in [0.717, 1.165) is 15.6 Å². The van der Waals surface area contributed by atoms with E-state index in [0.29, 0.717) is 28.1 Å². The van der Waals surface area contributed by atoms with Gasteiger partial charge in [-0.25, -0.2) is 4.98 Å². The molecule has 0 aliphatic carbocycles. The normalized spacial score (nSPS) is 15.4. The van der Waals surface area contributed by atoms with Crippen molar-refractivity contribution in [3.05, 3.63) is 97.9 Å². The molecule has 0 fully saturated rings. The van der Waals surface area contributed by atoms with Gasteiger partial charge in [0.05, 0.1) is 24.1 Å². The molecule has 3 heterocycles. The van der Waals surface area contributed by atoms with Gasteiger partial charge in [0.2, 0.25) is 5.76 Å². The van der Waals surface area contributed by atoms with Crippen molar-refractivity contribution >= 4 is 38.6 Å². The molecule has 6 nitrogen and oxygen atoms in total. The number of pyridine rings is 1. The number of carbonyl (C=O) groups is 1. The number of anilines is 1. The van der Waals surface area contributed by atoms with E-state index < -0.39 is 11.9 Å². The summed E-state index contributed by atoms with van der Waals surface area (Å²) in [4.78, 5) is 33.0. The number of hydrogen-bond acceptors (Lipinski definition) is 5. The molecule has 0 saturated heterocycles. The van der Waals surface area contributed by atoms with E-state index in [4.69, 9.17) is 9.15 Å². The molecule has 0 radical (unpaired) electrons. The molecule has 154 valence electrons. The topological polar surface area (TPSA) is 72.6 Å². The van der Waals surface area contributed by atoms with Crippen LogP contribution in [0.1, 0.15) is 33.3 Å². The Morgan fingerprint density at radius 3 is 2.71 bits per heavy atom. The number of carbonyl (C=O) groups excluding carboxylic acids is 1. The number of methoxy groups -OCH3 is 1. The standard InChI is InChI=1S/C24H17BrN2O4/c1-13-8-9-26-19(10-13)27-21(14-4-3-5-16(11-14)30-2)20-22(28)17-12-15(25)6-7-18(17)31-23(20)24(27)29/h3-12,21H,1-2H3. The smallest absolute Gasteiger partial charge is 0.296 e. The molecule has 5 rings (SSSR count). The summed E-state index contributed by atoms with van der Waals surface area (Å²) in [6, 6.07) is 15.5. The fourth-order valence-corrected chi connectivity index (χ4v) is 4.32. The highest BCUT2D eigenvalue weighted by Crippen LogP contribution is 2.41. The van der Waals surface area contributed by atoms with E-state index in [9.17, 15) is 9.59 Å². The fourth-order valence-electron chi connectivity index (χ4n) is 3.96. The molecule has 7 heteroatoms. The van der Waals surface area contributed by atoms with Crippen LogP contribution in [-0.4, -0.2) is 18.0 Å². The lowest BCUT2D eigenvalue weighted by Gasteiger charge is -2.24. The molecular formula is C24H17BrN2O4. The van der Waals surface area contributed by atoms with Crippen LogP contribution in [0.25, 0.3) is 11.0 Å². The van der Waals surface area contributed by atoms with Gasteiger partial charge in [0, 0.05) is 10.7 Å². The molecule has 0 spiro atoms. The lowest BCUT2D eigenvalue weighted by atomic mass is 9.98. The summed E-state index contributed by atoms with van der Waals surface area (Å²) in [5.41, 5.74) is 2.10. The van der Waals surface area contributed by atoms with Gasteiger partial charge in [-0.3, -0.25) is 14.5 Å². The number of ether oxygens (including phenoxy) is 1. The summed E-state index contributed by atoms with van der Waals surface area (Å²) in [5, 5.41) is 0.410. The quantitative estimate of drug-likeness (QED) is 0.415. The molecule has 1 aliphatic heterocycles. The Labute approximate surface area is 186 Å². The van der Waals surface area contributed by atoms with Gasteiger partial charge < -0.3 is 9.15 Å². The van der Waals surface area contributed by atoms with Gasteiger partial charge in [-0.1, -0.05) is 28.1 Å². The molecule has 0 N–H and O–H groups in total. The summed E-state index contributed by atoms with van der Waals surface area (Å²) in [7, 11) is 1.58. The molecule has 2 aromatic carbocycles. The molecule has 0 bridgehead atoms. The third-order valence-corrected chi connectivity index (χ3v) is 5.88. The zero-order valence-electron chi connectivity index (χ0n) is 16.8. The molecule has 1 amide bonds. The Kier molecular flexibility index (Phi) is 4.63. The van der Waals surface area contributed by atoms with Gasteiger partial charge in [-0.05, 0) is 60.5 Å². The van der Waals surface area contributed by atoms with Crippen LogP contribution in [0.15, 0.2) is 74.5 Å². The molecular weight excluding hydrogens is 460 g/mol. The Hall–Kier alpha value is -3.45. The minimum Gasteiger partial charge on any atom is -0.497 e. The molecule has 31 heavy (non-hydrogen) atoms. The average Bonchev–Trinajstić information content (AvgIpc) is 3.07. The average molecular weight is 477 g/mol. The highest BCUT2D eigenvalue weighted by molar-refractivity contribution is 9.10. The van der Waals surface area contributed by atoms with E-state index in [-0.39, 0.29) is 11.2 Å². The van der Waals surface area contributed by atoms with Crippen LogP contribution in [0.4, 0.5) is 5.82 Å². The van der Waals surface area contributed by atoms with Crippen LogP contribution in [0, 0.1) is 6.92 Å². The summed E-state index contributed by atoms with van der Waals surface area (Å²) in [5.74, 6) is 0.719. The van der Waals surface area contributed by atoms with Crippen molar-refractivity contribution < 1.29 is 13.9 Å². The van der Waals surface area contributed by atoms with Crippen LogP contribution in [-0.2, 0) is 0 Å². The molecule has 1 aliphatic rings. The van der Waals surface area contributed by atoms with Crippen molar-refractivity contribution in [3.63, 3.8) is 0 Å². The van der Waals surface area contributed by atoms with Crippen molar-refractivity contribution in [2.75, 3.05) is 12.0 Å². The lowest BCUT2D eigenvalue weighted by Crippen LogP contribution is -2.30. The monoisotopic (exact) mass is 476 g/mol. The maximum absolute atomic E-state index is 13.6. The Balaban J connectivity index is 1.83. The number of halogens is 1. The van der Waals surface area contributed by atoms with E-state index in [1.165, 1.54) is 4.90 Å². The number of hydrogen-bond donors (Lipinski definition) is 0. The second-order valence-electron chi connectivity index (χ2n) is 7.36. The van der Waals surface area contributed by atoms with Crippen molar-refractivity contribution in [2.24, 2.45) is 0 Å². The van der Waals surface area contributed by atoms with Crippen LogP contribution in [0.5, 0.6) is 5.75 Å². The second-order valence-corrected chi connectivity index (χ2v) is 8.28. The second kappa shape index (κ2) is 7.35. The van der Waals surface area contributed by atoms with E-state index >= 15 is 0 Å². The maximum atomic E-state index is 13.6. The number of rotatable bonds is 3. The molecule has 4 aromatic rings. The van der Waals surface area contributed by atoms with Gasteiger partial charge in [0.25, 0.3) is 5.91 Å². The lowest BCUT2D eigenvalue weighted by molar-refractivity contribution is 0.0970. The third-order valence-electron chi connectivity index (χ3n) is 5.39. The van der Waals surface area contributed by atoms with Crippen LogP contribution < -0.4 is 15.1 Å². The van der Waals surface area contributed by atoms with Gasteiger partial charge in [-0.2, -0.15) is 0 Å². The maximum Gasteiger partial charge on any atom is 0.296 e. The first-order valence-corrected chi connectivity index (χ1v) is 10.4. The molecule has 0 saturated carbocycles. The highest BCUT2D eigenvalue weighted by atomic mass is 79.9. The first-order valence-electron chi connectivity index (χ1n) is 9.64. The SMILES string of the molecule is COc1cccc(C2c3c(oc4ccc(Br)cc4c3=O)C(=O)N2c2cc(C)ccn2)c1. The Bertz CT molecular complexity index is 1410. The first kappa shape index (κ1) is 19.5. The van der Waals surface area contributed by atoms with Crippen LogP contribution in [0.3, 0.4) is 0 Å². The van der Waals surface area contributed by atoms with Gasteiger partial charge in [0.15, 0.2) is 5.43 Å². The number of amides is 1. The molecule has 1 atom stereocenters. The van der Waals surface area contributed by atoms with Crippen molar-refractivity contribution in [1.29, 1.82) is 0 Å². The van der Waals surface area contributed by atoms with Crippen molar-refractivity contribution in [2.45, 2.75) is 13.0 Å². The largest absolute Gasteiger partial charge is 0.497 e.